The fraction of sp³-hybridized carbons (Fsp3) is 0.320. The Morgan fingerprint density at radius 1 is 1.14 bits per heavy atom. The van der Waals surface area contributed by atoms with Gasteiger partial charge in [0.25, 0.3) is 0 Å². The molecule has 0 aliphatic carbocycles. The number of carbonyl (C=O) groups is 1. The minimum absolute atomic E-state index is 0.127. The molecule has 0 saturated carbocycles. The summed E-state index contributed by atoms with van der Waals surface area (Å²) in [4.78, 5) is 27.7. The average molecular weight is 471 g/mol. The van der Waals surface area contributed by atoms with Gasteiger partial charge < -0.3 is 25.6 Å². The first kappa shape index (κ1) is 22.7. The van der Waals surface area contributed by atoms with Gasteiger partial charge in [0.05, 0.1) is 30.5 Å². The lowest BCUT2D eigenvalue weighted by molar-refractivity contribution is -0.117. The van der Waals surface area contributed by atoms with E-state index in [1.807, 2.05) is 12.1 Å². The van der Waals surface area contributed by atoms with Gasteiger partial charge in [-0.05, 0) is 61.9 Å². The number of benzene rings is 2. The number of aromatic nitrogens is 3. The van der Waals surface area contributed by atoms with E-state index < -0.39 is 0 Å². The van der Waals surface area contributed by atoms with Gasteiger partial charge >= 0.3 is 0 Å². The third kappa shape index (κ3) is 5.37. The Balaban J connectivity index is 1.29. The second kappa shape index (κ2) is 10.5. The highest BCUT2D eigenvalue weighted by Crippen LogP contribution is 2.25. The molecule has 10 heteroatoms. The van der Waals surface area contributed by atoms with E-state index in [1.165, 1.54) is 6.33 Å². The fourth-order valence-electron chi connectivity index (χ4n) is 4.21. The standard InChI is InChI=1S/C25H26N8O2/c26-15-18-14-17(3-8-21(18)31-24(34)22-2-1-9-27-22)23-28-16-29-25(32-23)30-19-4-6-20(7-5-19)33-10-12-35-13-11-33/h3-8,14,16,22,27H,1-2,9-13H2,(H,31,34)(H,28,29,30,32)/t22-/m0/s1. The van der Waals surface area contributed by atoms with Crippen molar-refractivity contribution in [3.8, 4) is 17.5 Å². The molecule has 10 nitrogen and oxygen atoms in total. The quantitative estimate of drug-likeness (QED) is 0.498. The average Bonchev–Trinajstić information content (AvgIpc) is 3.45. The van der Waals surface area contributed by atoms with E-state index in [0.29, 0.717) is 28.6 Å². The van der Waals surface area contributed by atoms with Gasteiger partial charge in [0, 0.05) is 30.0 Å². The summed E-state index contributed by atoms with van der Waals surface area (Å²) in [7, 11) is 0. The molecular formula is C25H26N8O2. The van der Waals surface area contributed by atoms with E-state index in [9.17, 15) is 10.1 Å². The molecule has 2 aromatic carbocycles. The summed E-state index contributed by atoms with van der Waals surface area (Å²) >= 11 is 0. The molecule has 2 fully saturated rings. The molecule has 2 aliphatic rings. The van der Waals surface area contributed by atoms with Gasteiger partial charge in [0.2, 0.25) is 11.9 Å². The molecule has 0 spiro atoms. The molecule has 2 saturated heterocycles. The number of morpholine rings is 1. The first-order valence-corrected chi connectivity index (χ1v) is 11.7. The third-order valence-corrected chi connectivity index (χ3v) is 6.10. The minimum Gasteiger partial charge on any atom is -0.378 e. The van der Waals surface area contributed by atoms with Gasteiger partial charge in [-0.25, -0.2) is 9.97 Å². The van der Waals surface area contributed by atoms with E-state index in [-0.39, 0.29) is 11.9 Å². The second-order valence-electron chi connectivity index (χ2n) is 8.41. The highest BCUT2D eigenvalue weighted by molar-refractivity contribution is 5.96. The van der Waals surface area contributed by atoms with Gasteiger partial charge in [-0.1, -0.05) is 0 Å². The van der Waals surface area contributed by atoms with Crippen LogP contribution in [0.3, 0.4) is 0 Å². The zero-order chi connectivity index (χ0) is 24.0. The molecule has 3 aromatic rings. The lowest BCUT2D eigenvalue weighted by Gasteiger charge is -2.28. The predicted octanol–water partition coefficient (Wildman–Crippen LogP) is 2.68. The molecular weight excluding hydrogens is 444 g/mol. The summed E-state index contributed by atoms with van der Waals surface area (Å²) in [5.41, 5.74) is 3.49. The van der Waals surface area contributed by atoms with Crippen LogP contribution in [0.4, 0.5) is 23.0 Å². The largest absolute Gasteiger partial charge is 0.378 e. The summed E-state index contributed by atoms with van der Waals surface area (Å²) in [5.74, 6) is 0.703. The molecule has 5 rings (SSSR count). The van der Waals surface area contributed by atoms with Crippen LogP contribution in [-0.2, 0) is 9.53 Å². The van der Waals surface area contributed by atoms with Crippen molar-refractivity contribution in [3.63, 3.8) is 0 Å². The van der Waals surface area contributed by atoms with E-state index in [2.05, 4.69) is 54.0 Å². The van der Waals surface area contributed by atoms with Crippen molar-refractivity contribution < 1.29 is 9.53 Å². The lowest BCUT2D eigenvalue weighted by atomic mass is 10.1. The maximum absolute atomic E-state index is 12.4. The van der Waals surface area contributed by atoms with Crippen LogP contribution in [0.2, 0.25) is 0 Å². The first-order chi connectivity index (χ1) is 17.2. The molecule has 3 heterocycles. The van der Waals surface area contributed by atoms with Crippen molar-refractivity contribution in [2.45, 2.75) is 18.9 Å². The van der Waals surface area contributed by atoms with Crippen molar-refractivity contribution in [1.82, 2.24) is 20.3 Å². The molecule has 0 radical (unpaired) electrons. The van der Waals surface area contributed by atoms with Crippen LogP contribution in [-0.4, -0.2) is 59.7 Å². The highest BCUT2D eigenvalue weighted by Gasteiger charge is 2.23. The van der Waals surface area contributed by atoms with Crippen molar-refractivity contribution >= 4 is 28.9 Å². The summed E-state index contributed by atoms with van der Waals surface area (Å²) in [6.07, 6.45) is 3.19. The van der Waals surface area contributed by atoms with Crippen LogP contribution < -0.4 is 20.9 Å². The normalized spacial score (nSPS) is 17.6. The smallest absolute Gasteiger partial charge is 0.241 e. The molecule has 0 unspecified atom stereocenters. The molecule has 35 heavy (non-hydrogen) atoms. The summed E-state index contributed by atoms with van der Waals surface area (Å²) in [5, 5.41) is 18.9. The number of ether oxygens (including phenoxy) is 1. The zero-order valence-electron chi connectivity index (χ0n) is 19.2. The van der Waals surface area contributed by atoms with Gasteiger partial charge in [-0.15, -0.1) is 0 Å². The fourth-order valence-corrected chi connectivity index (χ4v) is 4.21. The maximum Gasteiger partial charge on any atom is 0.241 e. The first-order valence-electron chi connectivity index (χ1n) is 11.7. The Labute approximate surface area is 203 Å². The van der Waals surface area contributed by atoms with Crippen LogP contribution in [0, 0.1) is 11.3 Å². The number of nitrogens with one attached hydrogen (secondary N) is 3. The molecule has 1 atom stereocenters. The number of nitrogens with zero attached hydrogens (tertiary/aromatic N) is 5. The predicted molar refractivity (Wildman–Crippen MR) is 132 cm³/mol. The molecule has 2 aliphatic heterocycles. The van der Waals surface area contributed by atoms with Crippen LogP contribution in [0.25, 0.3) is 11.4 Å². The van der Waals surface area contributed by atoms with E-state index in [4.69, 9.17) is 4.74 Å². The molecule has 1 amide bonds. The Morgan fingerprint density at radius 2 is 1.97 bits per heavy atom. The molecule has 3 N–H and O–H groups in total. The van der Waals surface area contributed by atoms with Crippen molar-refractivity contribution in [2.75, 3.05) is 48.4 Å². The van der Waals surface area contributed by atoms with Crippen LogP contribution in [0.5, 0.6) is 0 Å². The molecule has 0 bridgehead atoms. The number of nitriles is 1. The Kier molecular flexibility index (Phi) is 6.79. The van der Waals surface area contributed by atoms with Crippen molar-refractivity contribution in [1.29, 1.82) is 5.26 Å². The van der Waals surface area contributed by atoms with Gasteiger partial charge in [-0.2, -0.15) is 10.2 Å². The minimum atomic E-state index is -0.221. The number of hydrogen-bond donors (Lipinski definition) is 3. The Morgan fingerprint density at radius 3 is 2.71 bits per heavy atom. The van der Waals surface area contributed by atoms with E-state index in [0.717, 1.165) is 57.1 Å². The summed E-state index contributed by atoms with van der Waals surface area (Å²) in [6, 6.07) is 15.2. The van der Waals surface area contributed by atoms with Gasteiger partial charge in [-0.3, -0.25) is 4.79 Å². The van der Waals surface area contributed by atoms with Gasteiger partial charge in [0.15, 0.2) is 5.82 Å². The highest BCUT2D eigenvalue weighted by atomic mass is 16.5. The maximum atomic E-state index is 12.4. The molecule has 178 valence electrons. The third-order valence-electron chi connectivity index (χ3n) is 6.10. The number of hydrogen-bond acceptors (Lipinski definition) is 9. The SMILES string of the molecule is N#Cc1cc(-c2ncnc(Nc3ccc(N4CCOCC4)cc3)n2)ccc1NC(=O)[C@@H]1CCCN1. The topological polar surface area (TPSA) is 128 Å². The van der Waals surface area contributed by atoms with Crippen LogP contribution >= 0.6 is 0 Å². The number of carbonyl (C=O) groups excluding carboxylic acids is 1. The number of anilines is 4. The van der Waals surface area contributed by atoms with Crippen LogP contribution in [0.1, 0.15) is 18.4 Å². The van der Waals surface area contributed by atoms with Crippen LogP contribution in [0.15, 0.2) is 48.8 Å². The number of rotatable bonds is 6. The summed E-state index contributed by atoms with van der Waals surface area (Å²) < 4.78 is 5.42. The zero-order valence-corrected chi connectivity index (χ0v) is 19.2. The molecule has 1 aromatic heterocycles. The summed E-state index contributed by atoms with van der Waals surface area (Å²) in [6.45, 7) is 4.08. The number of amides is 1. The lowest BCUT2D eigenvalue weighted by Crippen LogP contribution is -2.36. The Bertz CT molecular complexity index is 1230. The van der Waals surface area contributed by atoms with Crippen molar-refractivity contribution in [2.24, 2.45) is 0 Å². The second-order valence-corrected chi connectivity index (χ2v) is 8.41. The Hall–Kier alpha value is -4.07. The van der Waals surface area contributed by atoms with Gasteiger partial charge in [0.1, 0.15) is 12.4 Å². The van der Waals surface area contributed by atoms with E-state index in [1.54, 1.807) is 18.2 Å². The monoisotopic (exact) mass is 470 g/mol. The van der Waals surface area contributed by atoms with E-state index >= 15 is 0 Å². The van der Waals surface area contributed by atoms with Crippen molar-refractivity contribution in [3.05, 3.63) is 54.4 Å².